The molecule has 18 heavy (non-hydrogen) atoms. The Hall–Kier alpha value is -1.53. The van der Waals surface area contributed by atoms with Crippen LogP contribution in [0.15, 0.2) is 12.4 Å². The quantitative estimate of drug-likeness (QED) is 0.855. The van der Waals surface area contributed by atoms with Crippen molar-refractivity contribution in [2.24, 2.45) is 0 Å². The summed E-state index contributed by atoms with van der Waals surface area (Å²) in [5.41, 5.74) is 0. The van der Waals surface area contributed by atoms with Gasteiger partial charge in [0.2, 0.25) is 0 Å². The molecule has 7 heteroatoms. The second-order valence-corrected chi connectivity index (χ2v) is 3.82. The summed E-state index contributed by atoms with van der Waals surface area (Å²) in [5, 5.41) is 3.02. The zero-order valence-corrected chi connectivity index (χ0v) is 10.5. The molecule has 1 heterocycles. The standard InChI is InChI=1S/C11H17F3N4/c1-3-5-15-9-6-10(17-8-16-9)18(4-2)7-11(12,13)14/h6,8H,3-5,7H2,1-2H3,(H,15,16,17). The first kappa shape index (κ1) is 14.5. The minimum atomic E-state index is -4.24. The van der Waals surface area contributed by atoms with Gasteiger partial charge in [0.1, 0.15) is 24.5 Å². The van der Waals surface area contributed by atoms with E-state index in [9.17, 15) is 13.2 Å². The van der Waals surface area contributed by atoms with Gasteiger partial charge in [-0.05, 0) is 13.3 Å². The van der Waals surface area contributed by atoms with Crippen molar-refractivity contribution in [1.29, 1.82) is 0 Å². The molecule has 0 saturated carbocycles. The zero-order chi connectivity index (χ0) is 13.6. The highest BCUT2D eigenvalue weighted by atomic mass is 19.4. The van der Waals surface area contributed by atoms with Crippen molar-refractivity contribution in [1.82, 2.24) is 9.97 Å². The third-order valence-electron chi connectivity index (χ3n) is 2.28. The first-order valence-corrected chi connectivity index (χ1v) is 5.84. The molecule has 0 amide bonds. The fourth-order valence-corrected chi connectivity index (χ4v) is 1.44. The topological polar surface area (TPSA) is 41.0 Å². The first-order chi connectivity index (χ1) is 8.46. The molecule has 0 unspecified atom stereocenters. The minimum Gasteiger partial charge on any atom is -0.370 e. The Morgan fingerprint density at radius 3 is 2.56 bits per heavy atom. The largest absolute Gasteiger partial charge is 0.405 e. The Labute approximate surface area is 104 Å². The maximum absolute atomic E-state index is 12.4. The second kappa shape index (κ2) is 6.42. The third-order valence-corrected chi connectivity index (χ3v) is 2.28. The van der Waals surface area contributed by atoms with Crippen LogP contribution in [-0.2, 0) is 0 Å². The fourth-order valence-electron chi connectivity index (χ4n) is 1.44. The molecule has 0 fully saturated rings. The first-order valence-electron chi connectivity index (χ1n) is 5.84. The van der Waals surface area contributed by atoms with Crippen LogP contribution in [0.25, 0.3) is 0 Å². The summed E-state index contributed by atoms with van der Waals surface area (Å²) in [4.78, 5) is 9.00. The molecule has 0 atom stereocenters. The van der Waals surface area contributed by atoms with Gasteiger partial charge in [-0.2, -0.15) is 13.2 Å². The summed E-state index contributed by atoms with van der Waals surface area (Å²) in [5.74, 6) is 0.825. The highest BCUT2D eigenvalue weighted by Crippen LogP contribution is 2.21. The van der Waals surface area contributed by atoms with Crippen molar-refractivity contribution < 1.29 is 13.2 Å². The second-order valence-electron chi connectivity index (χ2n) is 3.82. The van der Waals surface area contributed by atoms with Crippen molar-refractivity contribution in [3.63, 3.8) is 0 Å². The van der Waals surface area contributed by atoms with Crippen LogP contribution in [0.1, 0.15) is 20.3 Å². The smallest absolute Gasteiger partial charge is 0.370 e. The highest BCUT2D eigenvalue weighted by Gasteiger charge is 2.30. The Morgan fingerprint density at radius 1 is 1.28 bits per heavy atom. The maximum Gasteiger partial charge on any atom is 0.405 e. The lowest BCUT2D eigenvalue weighted by Crippen LogP contribution is -2.34. The number of halogens is 3. The Morgan fingerprint density at radius 2 is 2.00 bits per heavy atom. The predicted octanol–water partition coefficient (Wildman–Crippen LogP) is 2.69. The SMILES string of the molecule is CCCNc1cc(N(CC)CC(F)(F)F)ncn1. The van der Waals surface area contributed by atoms with E-state index >= 15 is 0 Å². The van der Waals surface area contributed by atoms with Crippen LogP contribution in [0.3, 0.4) is 0 Å². The third kappa shape index (κ3) is 4.77. The summed E-state index contributed by atoms with van der Waals surface area (Å²) in [6.45, 7) is 3.61. The summed E-state index contributed by atoms with van der Waals surface area (Å²) >= 11 is 0. The predicted molar refractivity (Wildman–Crippen MR) is 64.8 cm³/mol. The molecule has 0 spiro atoms. The van der Waals surface area contributed by atoms with Crippen molar-refractivity contribution in [2.75, 3.05) is 29.9 Å². The summed E-state index contributed by atoms with van der Waals surface area (Å²) in [6, 6.07) is 1.53. The molecule has 0 aliphatic heterocycles. The molecular formula is C11H17F3N4. The van der Waals surface area contributed by atoms with Crippen LogP contribution in [0.4, 0.5) is 24.8 Å². The zero-order valence-electron chi connectivity index (χ0n) is 10.5. The Kier molecular flexibility index (Phi) is 5.18. The normalized spacial score (nSPS) is 11.4. The average molecular weight is 262 g/mol. The summed E-state index contributed by atoms with van der Waals surface area (Å²) in [7, 11) is 0. The van der Waals surface area contributed by atoms with Crippen LogP contribution >= 0.6 is 0 Å². The summed E-state index contributed by atoms with van der Waals surface area (Å²) in [6.07, 6.45) is -2.05. The van der Waals surface area contributed by atoms with E-state index < -0.39 is 12.7 Å². The fraction of sp³-hybridized carbons (Fsp3) is 0.636. The van der Waals surface area contributed by atoms with Crippen LogP contribution < -0.4 is 10.2 Å². The number of alkyl halides is 3. The van der Waals surface area contributed by atoms with E-state index in [0.29, 0.717) is 5.82 Å². The molecule has 0 bridgehead atoms. The lowest BCUT2D eigenvalue weighted by atomic mass is 10.4. The van der Waals surface area contributed by atoms with Crippen LogP contribution in [0, 0.1) is 0 Å². The molecule has 0 radical (unpaired) electrons. The van der Waals surface area contributed by atoms with E-state index in [0.717, 1.165) is 13.0 Å². The van der Waals surface area contributed by atoms with Crippen molar-refractivity contribution in [3.8, 4) is 0 Å². The molecule has 1 aromatic rings. The van der Waals surface area contributed by atoms with Crippen molar-refractivity contribution in [3.05, 3.63) is 12.4 Å². The number of rotatable bonds is 6. The van der Waals surface area contributed by atoms with Gasteiger partial charge in [0.15, 0.2) is 0 Å². The Bertz CT molecular complexity index is 368. The molecule has 4 nitrogen and oxygen atoms in total. The van der Waals surface area contributed by atoms with Crippen LogP contribution in [0.2, 0.25) is 0 Å². The van der Waals surface area contributed by atoms with E-state index in [1.165, 1.54) is 17.3 Å². The molecule has 0 saturated heterocycles. The number of hydrogen-bond acceptors (Lipinski definition) is 4. The van der Waals surface area contributed by atoms with Gasteiger partial charge in [0, 0.05) is 19.2 Å². The minimum absolute atomic E-state index is 0.240. The van der Waals surface area contributed by atoms with Crippen LogP contribution in [0.5, 0.6) is 0 Å². The van der Waals surface area contributed by atoms with Gasteiger partial charge in [-0.3, -0.25) is 0 Å². The van der Waals surface area contributed by atoms with Gasteiger partial charge in [0.05, 0.1) is 0 Å². The molecule has 0 aliphatic rings. The molecular weight excluding hydrogens is 245 g/mol. The molecule has 102 valence electrons. The van der Waals surface area contributed by atoms with Gasteiger partial charge >= 0.3 is 6.18 Å². The van der Waals surface area contributed by atoms with Gasteiger partial charge < -0.3 is 10.2 Å². The average Bonchev–Trinajstić information content (AvgIpc) is 2.32. The molecule has 0 aromatic carbocycles. The summed E-state index contributed by atoms with van der Waals surface area (Å²) < 4.78 is 37.1. The van der Waals surface area contributed by atoms with E-state index in [4.69, 9.17) is 0 Å². The highest BCUT2D eigenvalue weighted by molar-refractivity contribution is 5.48. The van der Waals surface area contributed by atoms with Crippen molar-refractivity contribution in [2.45, 2.75) is 26.4 Å². The lowest BCUT2D eigenvalue weighted by Gasteiger charge is -2.23. The molecule has 1 rings (SSSR count). The number of anilines is 2. The Balaban J connectivity index is 2.79. The van der Waals surface area contributed by atoms with Crippen LogP contribution in [-0.4, -0.2) is 35.8 Å². The maximum atomic E-state index is 12.4. The molecule has 1 N–H and O–H groups in total. The van der Waals surface area contributed by atoms with E-state index in [-0.39, 0.29) is 12.4 Å². The number of hydrogen-bond donors (Lipinski definition) is 1. The lowest BCUT2D eigenvalue weighted by molar-refractivity contribution is -0.119. The van der Waals surface area contributed by atoms with E-state index in [1.807, 2.05) is 6.92 Å². The van der Waals surface area contributed by atoms with E-state index in [1.54, 1.807) is 6.92 Å². The van der Waals surface area contributed by atoms with Gasteiger partial charge in [-0.15, -0.1) is 0 Å². The number of aromatic nitrogens is 2. The van der Waals surface area contributed by atoms with Crippen molar-refractivity contribution >= 4 is 11.6 Å². The van der Waals surface area contributed by atoms with E-state index in [2.05, 4.69) is 15.3 Å². The molecule has 0 aliphatic carbocycles. The number of nitrogens with zero attached hydrogens (tertiary/aromatic N) is 3. The number of nitrogens with one attached hydrogen (secondary N) is 1. The monoisotopic (exact) mass is 262 g/mol. The van der Waals surface area contributed by atoms with Gasteiger partial charge in [-0.1, -0.05) is 6.92 Å². The molecule has 1 aromatic heterocycles. The van der Waals surface area contributed by atoms with Gasteiger partial charge in [-0.25, -0.2) is 9.97 Å². The van der Waals surface area contributed by atoms with Gasteiger partial charge in [0.25, 0.3) is 0 Å².